The lowest BCUT2D eigenvalue weighted by molar-refractivity contribution is 0.0442. The van der Waals surface area contributed by atoms with Crippen LogP contribution >= 0.6 is 95.6 Å². The van der Waals surface area contributed by atoms with Crippen LogP contribution in [0.25, 0.3) is 162 Å². The summed E-state index contributed by atoms with van der Waals surface area (Å²) in [5.74, 6) is -2.73. The summed E-state index contributed by atoms with van der Waals surface area (Å²) >= 11 is 20.8. The summed E-state index contributed by atoms with van der Waals surface area (Å²) < 4.78 is 9.94. The molecule has 17 heteroatoms. The Morgan fingerprint density at radius 1 is 0.227 bits per heavy atom. The number of carbonyl (C=O) groups is 6. The van der Waals surface area contributed by atoms with Gasteiger partial charge in [0.05, 0.1) is 16.7 Å². The molecular formula is C124H75BBr6O10. The van der Waals surface area contributed by atoms with E-state index >= 15 is 0 Å². The smallest absolute Gasteiger partial charge is 0.478 e. The van der Waals surface area contributed by atoms with Gasteiger partial charge in [0.2, 0.25) is 0 Å². The predicted molar refractivity (Wildman–Crippen MR) is 599 cm³/mol. The molecule has 0 spiro atoms. The van der Waals surface area contributed by atoms with Crippen molar-refractivity contribution in [3.8, 4) is 22.3 Å². The average Bonchev–Trinajstić information content (AvgIpc) is 1.32. The molecule has 0 amide bonds. The number of halogens is 6. The predicted octanol–water partition coefficient (Wildman–Crippen LogP) is 33.4. The summed E-state index contributed by atoms with van der Waals surface area (Å²) in [4.78, 5) is 73.3. The number of hydrogen-bond acceptors (Lipinski definition) is 9. The van der Waals surface area contributed by atoms with Crippen LogP contribution in [-0.4, -0.2) is 57.5 Å². The van der Waals surface area contributed by atoms with E-state index in [0.29, 0.717) is 48.9 Å². The molecule has 26 rings (SSSR count). The van der Waals surface area contributed by atoms with Gasteiger partial charge < -0.3 is 19.9 Å². The molecule has 0 saturated carbocycles. The lowest BCUT2D eigenvalue weighted by atomic mass is 9.79. The number of carboxylic acids is 1. The Hall–Kier alpha value is -14.9. The van der Waals surface area contributed by atoms with Crippen LogP contribution in [0.2, 0.25) is 0 Å². The fourth-order valence-corrected chi connectivity index (χ4v) is 21.5. The first kappa shape index (κ1) is 93.8. The van der Waals surface area contributed by atoms with Gasteiger partial charge in [-0.05, 0) is 271 Å². The number of hydrogen-bond donors (Lipinski definition) is 3. The molecule has 2 aliphatic rings. The quantitative estimate of drug-likeness (QED) is 0.0363. The van der Waals surface area contributed by atoms with Gasteiger partial charge in [0.15, 0.2) is 17.3 Å². The van der Waals surface area contributed by atoms with Crippen LogP contribution in [0.1, 0.15) is 78.8 Å². The number of carboxylic acid groups (broad SMARTS) is 1. The zero-order valence-corrected chi connectivity index (χ0v) is 84.1. The third kappa shape index (κ3) is 18.9. The highest BCUT2D eigenvalue weighted by molar-refractivity contribution is 9.11. The zero-order chi connectivity index (χ0) is 97.2. The Bertz CT molecular complexity index is 9270. The molecule has 24 aromatic carbocycles. The van der Waals surface area contributed by atoms with Gasteiger partial charge in [-0.15, -0.1) is 0 Å². The maximum atomic E-state index is 13.3. The number of ether oxygens (including phenoxy) is 1. The highest BCUT2D eigenvalue weighted by atomic mass is 79.9. The van der Waals surface area contributed by atoms with Crippen LogP contribution in [0.3, 0.4) is 0 Å². The lowest BCUT2D eigenvalue weighted by Gasteiger charge is -2.22. The summed E-state index contributed by atoms with van der Waals surface area (Å²) in [6.07, 6.45) is 0. The molecule has 10 nitrogen and oxygen atoms in total. The molecule has 24 aromatic rings. The molecule has 0 fully saturated rings. The second-order valence-corrected chi connectivity index (χ2v) is 39.3. The van der Waals surface area contributed by atoms with Gasteiger partial charge in [0.25, 0.3) is 0 Å². The van der Waals surface area contributed by atoms with E-state index in [4.69, 9.17) is 10.0 Å². The molecule has 676 valence electrons. The van der Waals surface area contributed by atoms with Gasteiger partial charge in [-0.25, -0.2) is 14.4 Å². The number of rotatable bonds is 6. The van der Waals surface area contributed by atoms with Gasteiger partial charge >= 0.3 is 25.0 Å². The third-order valence-corrected chi connectivity index (χ3v) is 28.6. The maximum Gasteiger partial charge on any atom is 0.488 e. The second kappa shape index (κ2) is 40.9. The molecule has 0 aromatic heterocycles. The SMILES string of the molecule is Brc1cc2ccccc2c2ccccc12.Brc1ccc2c(-c3ccc4ccccc4c3)c3c4ccccc4c4ccccc4c3c(-c3ccc4ccccc4c3)c2c1.Brc1ccc2ccccc2c1.O=C(O)c1cc(Br)ccc1C(=O)c1cc2ccccc2c2ccccc12.O=C1OC(=O)c2cc(Br)ccc21.O=C1c2ccc(Br)cc2C(=O)c2c1c1ccccc1c1ccccc21.OB(O)c1ccccc1. The number of esters is 2. The zero-order valence-electron chi connectivity index (χ0n) is 74.6. The van der Waals surface area contributed by atoms with E-state index in [0.717, 1.165) is 65.5 Å². The van der Waals surface area contributed by atoms with Crippen molar-refractivity contribution in [2.75, 3.05) is 0 Å². The Balaban J connectivity index is 0.000000108. The average molecular weight is 2220 g/mol. The molecule has 1 heterocycles. The van der Waals surface area contributed by atoms with Crippen molar-refractivity contribution in [1.29, 1.82) is 0 Å². The number of carbonyl (C=O) groups excluding carboxylic acids is 5. The van der Waals surface area contributed by atoms with E-state index in [1.54, 1.807) is 72.8 Å². The van der Waals surface area contributed by atoms with Crippen molar-refractivity contribution in [3.05, 3.63) is 514 Å². The van der Waals surface area contributed by atoms with Crippen molar-refractivity contribution in [2.24, 2.45) is 0 Å². The van der Waals surface area contributed by atoms with Crippen molar-refractivity contribution < 1.29 is 48.7 Å². The highest BCUT2D eigenvalue weighted by Gasteiger charge is 2.35. The lowest BCUT2D eigenvalue weighted by Crippen LogP contribution is -2.29. The number of cyclic esters (lactones) is 2. The van der Waals surface area contributed by atoms with Crippen LogP contribution < -0.4 is 5.46 Å². The standard InChI is InChI=1S/C42H25Br.C22H13BrO3.C22H11BrO2.C14H9Br.C10H7Br.C8H3BrO3.C6H7BO2/c43-32-21-22-37-38(25-32)40(31-20-18-27-10-2-4-12-29(27)24-31)42-36-16-8-6-14-34(36)33-13-5-7-15-35(33)41(42)39(37)30-19-17-26-9-1-3-11-28(26)23-30;23-14-9-10-18(20(12-14)22(25)26)21(24)19-11-13-5-1-2-6-15(13)16-7-3-4-8-17(16)19;23-12-9-10-17-18(11-12)22(25)20-16-8-4-2-6-14(16)13-5-1-3-7-15(13)19(20)21(17)24;15-14-9-10-5-1-2-6-11(10)12-7-3-4-8-13(12)14;11-10-6-5-8-3-1-2-4-9(8)7-10;9-4-1-2-5-6(3-4)8(11)12-7(5)10;8-7(9)6-4-2-1-3-5-6/h1-25H;1-12H,(H,25,26);1-11H;1-9H;1-7H;1-3H;1-5,8-9H. The van der Waals surface area contributed by atoms with Crippen molar-refractivity contribution in [3.63, 3.8) is 0 Å². The first-order valence-electron chi connectivity index (χ1n) is 45.1. The Labute approximate surface area is 860 Å². The summed E-state index contributed by atoms with van der Waals surface area (Å²) in [7, 11) is -1.34. The topological polar surface area (TPSA) is 172 Å². The van der Waals surface area contributed by atoms with Crippen molar-refractivity contribution in [2.45, 2.75) is 0 Å². The molecular weight excluding hydrogens is 2140 g/mol. The van der Waals surface area contributed by atoms with Gasteiger partial charge in [-0.3, -0.25) is 14.4 Å². The largest absolute Gasteiger partial charge is 0.488 e. The van der Waals surface area contributed by atoms with Gasteiger partial charge in [0, 0.05) is 60.2 Å². The molecule has 141 heavy (non-hydrogen) atoms. The summed E-state index contributed by atoms with van der Waals surface area (Å²) in [5, 5.41) is 57.1. The van der Waals surface area contributed by atoms with E-state index in [-0.39, 0.29) is 28.5 Å². The summed E-state index contributed by atoms with van der Waals surface area (Å²) in [6.45, 7) is 0. The molecule has 0 unspecified atom stereocenters. The number of benzene rings is 24. The molecule has 1 aliphatic heterocycles. The van der Waals surface area contributed by atoms with E-state index in [1.165, 1.54) is 125 Å². The van der Waals surface area contributed by atoms with Gasteiger partial charge in [-0.2, -0.15) is 0 Å². The van der Waals surface area contributed by atoms with Crippen LogP contribution in [0.4, 0.5) is 0 Å². The van der Waals surface area contributed by atoms with Crippen LogP contribution in [0.5, 0.6) is 0 Å². The number of aromatic carboxylic acids is 1. The minimum Gasteiger partial charge on any atom is -0.478 e. The minimum atomic E-state index is -1.34. The first-order chi connectivity index (χ1) is 68.7. The fraction of sp³-hybridized carbons (Fsp3) is 0. The molecule has 0 bridgehead atoms. The Morgan fingerprint density at radius 2 is 0.567 bits per heavy atom. The number of fused-ring (bicyclic) bond motifs is 24. The molecule has 0 atom stereocenters. The molecule has 3 N–H and O–H groups in total. The van der Waals surface area contributed by atoms with E-state index in [1.807, 2.05) is 109 Å². The number of ketones is 3. The van der Waals surface area contributed by atoms with Crippen molar-refractivity contribution >= 4 is 283 Å². The normalized spacial score (nSPS) is 11.7. The third-order valence-electron chi connectivity index (χ3n) is 25.5. The molecule has 0 saturated heterocycles. The van der Waals surface area contributed by atoms with Crippen LogP contribution in [0.15, 0.2) is 464 Å². The van der Waals surface area contributed by atoms with E-state index in [2.05, 4.69) is 349 Å². The van der Waals surface area contributed by atoms with Crippen LogP contribution in [0, 0.1) is 0 Å². The monoisotopic (exact) mass is 2210 g/mol. The molecule has 0 radical (unpaired) electrons. The van der Waals surface area contributed by atoms with E-state index < -0.39 is 25.0 Å². The first-order valence-corrected chi connectivity index (χ1v) is 49.9. The van der Waals surface area contributed by atoms with Gasteiger partial charge in [0.1, 0.15) is 0 Å². The molecule has 1 aliphatic carbocycles. The fourth-order valence-electron chi connectivity index (χ4n) is 19.1. The van der Waals surface area contributed by atoms with Crippen molar-refractivity contribution in [1.82, 2.24) is 0 Å². The Kier molecular flexibility index (Phi) is 27.2. The van der Waals surface area contributed by atoms with Crippen LogP contribution in [-0.2, 0) is 4.74 Å². The van der Waals surface area contributed by atoms with E-state index in [9.17, 15) is 33.9 Å². The maximum absolute atomic E-state index is 13.3. The minimum absolute atomic E-state index is 0.0124. The highest BCUT2D eigenvalue weighted by Crippen LogP contribution is 2.52. The second-order valence-electron chi connectivity index (χ2n) is 33.9. The Morgan fingerprint density at radius 3 is 1.08 bits per heavy atom. The van der Waals surface area contributed by atoms with Gasteiger partial charge in [-0.1, -0.05) is 429 Å². The summed E-state index contributed by atoms with van der Waals surface area (Å²) in [5.41, 5.74) is 8.88. The summed E-state index contributed by atoms with van der Waals surface area (Å²) in [6, 6.07) is 146.